The Labute approximate surface area is 176 Å². The van der Waals surface area contributed by atoms with Crippen molar-refractivity contribution in [3.8, 4) is 17.2 Å². The number of benzene rings is 1. The lowest BCUT2D eigenvalue weighted by atomic mass is 9.90. The Hall–Kier alpha value is -2.15. The van der Waals surface area contributed by atoms with E-state index in [-0.39, 0.29) is 6.10 Å². The highest BCUT2D eigenvalue weighted by atomic mass is 32.1. The molecule has 0 radical (unpaired) electrons. The Bertz CT molecular complexity index is 914. The van der Waals surface area contributed by atoms with E-state index in [2.05, 4.69) is 4.90 Å². The van der Waals surface area contributed by atoms with E-state index in [1.165, 1.54) is 0 Å². The summed E-state index contributed by atoms with van der Waals surface area (Å²) in [5.41, 5.74) is 1.87. The third kappa shape index (κ3) is 4.55. The lowest BCUT2D eigenvalue weighted by molar-refractivity contribution is 0.0586. The minimum Gasteiger partial charge on any atom is -0.493 e. The molecule has 3 aromatic rings. The van der Waals surface area contributed by atoms with E-state index in [1.807, 2.05) is 55.6 Å². The lowest BCUT2D eigenvalue weighted by Crippen LogP contribution is -2.35. The highest BCUT2D eigenvalue weighted by Crippen LogP contribution is 2.34. The van der Waals surface area contributed by atoms with E-state index in [1.54, 1.807) is 11.3 Å². The number of aromatic nitrogens is 1. The second-order valence-electron chi connectivity index (χ2n) is 7.52. The molecule has 2 aromatic heterocycles. The van der Waals surface area contributed by atoms with Gasteiger partial charge in [-0.2, -0.15) is 0 Å². The Morgan fingerprint density at radius 3 is 2.76 bits per heavy atom. The number of rotatable bonds is 7. The van der Waals surface area contributed by atoms with Crippen LogP contribution in [0.1, 0.15) is 42.2 Å². The van der Waals surface area contributed by atoms with Crippen molar-refractivity contribution in [3.05, 3.63) is 58.1 Å². The molecule has 5 nitrogen and oxygen atoms in total. The number of aliphatic hydroxyl groups excluding tert-OH is 1. The number of aliphatic hydroxyl groups is 1. The molecule has 0 spiro atoms. The molecule has 0 amide bonds. The van der Waals surface area contributed by atoms with Crippen LogP contribution in [0.4, 0.5) is 0 Å². The number of hydrogen-bond acceptors (Lipinski definition) is 6. The van der Waals surface area contributed by atoms with E-state index in [0.29, 0.717) is 18.4 Å². The Kier molecular flexibility index (Phi) is 6.33. The average molecular weight is 413 g/mol. The topological polar surface area (TPSA) is 58.7 Å². The maximum absolute atomic E-state index is 10.6. The van der Waals surface area contributed by atoms with Crippen molar-refractivity contribution in [2.24, 2.45) is 5.92 Å². The van der Waals surface area contributed by atoms with Crippen LogP contribution in [0, 0.1) is 12.8 Å². The van der Waals surface area contributed by atoms with Gasteiger partial charge in [-0.3, -0.25) is 4.90 Å². The third-order valence-electron chi connectivity index (χ3n) is 5.60. The zero-order chi connectivity index (χ0) is 20.2. The molecule has 6 heteroatoms. The van der Waals surface area contributed by atoms with Crippen molar-refractivity contribution in [2.45, 2.75) is 39.3 Å². The Balaban J connectivity index is 1.40. The monoisotopic (exact) mass is 412 g/mol. The molecule has 0 saturated carbocycles. The van der Waals surface area contributed by atoms with E-state index in [0.717, 1.165) is 60.1 Å². The molecule has 1 atom stereocenters. The van der Waals surface area contributed by atoms with Gasteiger partial charge < -0.3 is 14.3 Å². The normalized spacial score (nSPS) is 16.8. The molecular weight excluding hydrogens is 384 g/mol. The number of nitrogens with zero attached hydrogens (tertiary/aromatic N) is 2. The van der Waals surface area contributed by atoms with Crippen molar-refractivity contribution in [1.29, 1.82) is 0 Å². The van der Waals surface area contributed by atoms with Gasteiger partial charge in [-0.1, -0.05) is 18.2 Å². The van der Waals surface area contributed by atoms with Crippen LogP contribution in [0.2, 0.25) is 0 Å². The third-order valence-corrected chi connectivity index (χ3v) is 6.54. The first-order valence-corrected chi connectivity index (χ1v) is 11.2. The number of hydrogen-bond donors (Lipinski definition) is 1. The summed E-state index contributed by atoms with van der Waals surface area (Å²) in [5, 5.41) is 12.6. The van der Waals surface area contributed by atoms with Crippen molar-refractivity contribution in [1.82, 2.24) is 9.88 Å². The van der Waals surface area contributed by atoms with E-state index >= 15 is 0 Å². The molecule has 1 saturated heterocycles. The number of ether oxygens (including phenoxy) is 1. The molecule has 0 bridgehead atoms. The summed E-state index contributed by atoms with van der Waals surface area (Å²) in [4.78, 5) is 8.26. The zero-order valence-corrected chi connectivity index (χ0v) is 17.8. The first-order chi connectivity index (χ1) is 14.2. The van der Waals surface area contributed by atoms with Crippen LogP contribution in [-0.4, -0.2) is 34.7 Å². The van der Waals surface area contributed by atoms with Crippen LogP contribution in [-0.2, 0) is 6.54 Å². The zero-order valence-electron chi connectivity index (χ0n) is 17.0. The first-order valence-electron chi connectivity index (χ1n) is 10.3. The number of aryl methyl sites for hydroxylation is 1. The quantitative estimate of drug-likeness (QED) is 0.588. The Morgan fingerprint density at radius 1 is 1.24 bits per heavy atom. The fourth-order valence-corrected chi connectivity index (χ4v) is 4.75. The minimum atomic E-state index is -0.340. The molecule has 0 unspecified atom stereocenters. The molecule has 0 aliphatic carbocycles. The van der Waals surface area contributed by atoms with Gasteiger partial charge in [0.2, 0.25) is 5.89 Å². The van der Waals surface area contributed by atoms with Gasteiger partial charge in [0.05, 0.1) is 24.0 Å². The van der Waals surface area contributed by atoms with Crippen molar-refractivity contribution in [3.63, 3.8) is 0 Å². The summed E-state index contributed by atoms with van der Waals surface area (Å²) in [6, 6.07) is 11.9. The molecule has 29 heavy (non-hydrogen) atoms. The predicted octanol–water partition coefficient (Wildman–Crippen LogP) is 5.06. The summed E-state index contributed by atoms with van der Waals surface area (Å²) in [5.74, 6) is 2.60. The van der Waals surface area contributed by atoms with Crippen molar-refractivity contribution < 1.29 is 14.3 Å². The van der Waals surface area contributed by atoms with E-state index in [4.69, 9.17) is 14.1 Å². The summed E-state index contributed by atoms with van der Waals surface area (Å²) >= 11 is 1.64. The fraction of sp³-hybridized carbons (Fsp3) is 0.435. The van der Waals surface area contributed by atoms with Crippen LogP contribution < -0.4 is 4.74 Å². The smallest absolute Gasteiger partial charge is 0.230 e. The molecule has 1 aliphatic heterocycles. The van der Waals surface area contributed by atoms with Crippen LogP contribution in [0.3, 0.4) is 0 Å². The second-order valence-corrected chi connectivity index (χ2v) is 8.50. The first kappa shape index (κ1) is 20.1. The molecule has 1 N–H and O–H groups in total. The molecule has 1 fully saturated rings. The highest BCUT2D eigenvalue weighted by Gasteiger charge is 2.27. The highest BCUT2D eigenvalue weighted by molar-refractivity contribution is 7.10. The number of oxazole rings is 1. The van der Waals surface area contributed by atoms with Gasteiger partial charge in [-0.25, -0.2) is 4.98 Å². The number of thiophene rings is 1. The number of piperidine rings is 1. The number of likely N-dealkylation sites (tertiary alicyclic amines) is 1. The summed E-state index contributed by atoms with van der Waals surface area (Å²) < 4.78 is 11.7. The molecule has 154 valence electrons. The summed E-state index contributed by atoms with van der Waals surface area (Å²) in [7, 11) is 0. The molecule has 4 rings (SSSR count). The molecule has 1 aliphatic rings. The van der Waals surface area contributed by atoms with Gasteiger partial charge in [0.15, 0.2) is 0 Å². The van der Waals surface area contributed by atoms with Crippen LogP contribution in [0.5, 0.6) is 5.75 Å². The van der Waals surface area contributed by atoms with Crippen LogP contribution >= 0.6 is 11.3 Å². The molecule has 3 heterocycles. The average Bonchev–Trinajstić information content (AvgIpc) is 3.39. The van der Waals surface area contributed by atoms with Gasteiger partial charge in [-0.05, 0) is 69.3 Å². The van der Waals surface area contributed by atoms with Gasteiger partial charge in [0, 0.05) is 11.4 Å². The van der Waals surface area contributed by atoms with E-state index in [9.17, 15) is 5.11 Å². The van der Waals surface area contributed by atoms with Crippen LogP contribution in [0.15, 0.2) is 46.2 Å². The van der Waals surface area contributed by atoms with Gasteiger partial charge in [0.1, 0.15) is 11.5 Å². The van der Waals surface area contributed by atoms with Crippen molar-refractivity contribution >= 4 is 11.3 Å². The fourth-order valence-electron chi connectivity index (χ4n) is 3.95. The lowest BCUT2D eigenvalue weighted by Gasteiger charge is -2.33. The standard InChI is InChI=1S/C23H28N2O3S/c1-3-27-20-8-5-4-7-18(20)23-24-19(16(2)28-23)15-25-12-10-17(11-13-25)22(26)21-9-6-14-29-21/h4-9,14,17,22,26H,3,10-13,15H2,1-2H3/t22-/m0/s1. The van der Waals surface area contributed by atoms with E-state index < -0.39 is 0 Å². The molecule has 1 aromatic carbocycles. The second kappa shape index (κ2) is 9.11. The molecular formula is C23H28N2O3S. The summed E-state index contributed by atoms with van der Waals surface area (Å²) in [6.07, 6.45) is 1.65. The van der Waals surface area contributed by atoms with Gasteiger partial charge >= 0.3 is 0 Å². The summed E-state index contributed by atoms with van der Waals surface area (Å²) in [6.45, 7) is 7.25. The van der Waals surface area contributed by atoms with Gasteiger partial charge in [-0.15, -0.1) is 11.3 Å². The predicted molar refractivity (Wildman–Crippen MR) is 115 cm³/mol. The largest absolute Gasteiger partial charge is 0.493 e. The number of para-hydroxylation sites is 1. The minimum absolute atomic E-state index is 0.330. The van der Waals surface area contributed by atoms with Gasteiger partial charge in [0.25, 0.3) is 0 Å². The maximum atomic E-state index is 10.6. The van der Waals surface area contributed by atoms with Crippen LogP contribution in [0.25, 0.3) is 11.5 Å². The maximum Gasteiger partial charge on any atom is 0.230 e. The Morgan fingerprint density at radius 2 is 2.03 bits per heavy atom. The SMILES string of the molecule is CCOc1ccccc1-c1nc(CN2CCC([C@H](O)c3cccs3)CC2)c(C)o1. The van der Waals surface area contributed by atoms with Crippen molar-refractivity contribution in [2.75, 3.05) is 19.7 Å².